The number of carbonyl (C=O) groups excluding carboxylic acids is 2. The molecule has 4 heteroatoms. The Bertz CT molecular complexity index is 805. The molecule has 1 N–H and O–H groups in total. The summed E-state index contributed by atoms with van der Waals surface area (Å²) < 4.78 is 0. The van der Waals surface area contributed by atoms with E-state index in [4.69, 9.17) is 0 Å². The second-order valence-corrected chi connectivity index (χ2v) is 10.2. The summed E-state index contributed by atoms with van der Waals surface area (Å²) >= 11 is 0. The second-order valence-electron chi connectivity index (χ2n) is 10.2. The van der Waals surface area contributed by atoms with Crippen LogP contribution in [0.25, 0.3) is 0 Å². The van der Waals surface area contributed by atoms with Gasteiger partial charge in [-0.25, -0.2) is 0 Å². The lowest BCUT2D eigenvalue weighted by Gasteiger charge is -2.65. The lowest BCUT2D eigenvalue weighted by atomic mass is 9.38. The third-order valence-corrected chi connectivity index (χ3v) is 9.01. The molecule has 0 radical (unpaired) electrons. The number of rotatable bonds is 2. The average Bonchev–Trinajstić information content (AvgIpc) is 2.68. The molecule has 8 atom stereocenters. The lowest BCUT2D eigenvalue weighted by molar-refractivity contribution is -0.164. The van der Waals surface area contributed by atoms with E-state index in [0.717, 1.165) is 38.5 Å². The van der Waals surface area contributed by atoms with Crippen LogP contribution in [0.1, 0.15) is 52.4 Å². The molecule has 6 aliphatic carbocycles. The molecule has 0 heterocycles. The zero-order chi connectivity index (χ0) is 19.8. The standard InChI is InChI=1S/C24H30O4/c1-12(2)17-11-24-9-8-13-14(4-3-5-15(13)23(27)28)18(24)10-16(17)21-19(25)6-7-20(26)22(21)24/h6-7,11-16,18,21-22H,3-5,8-10H2,1-2H3,(H,27,28)/t13?,14-,15+,16?,18?,21?,22+,24?/m0/s1. The molecule has 0 saturated heterocycles. The van der Waals surface area contributed by atoms with Crippen molar-refractivity contribution in [2.75, 3.05) is 0 Å². The highest BCUT2D eigenvalue weighted by molar-refractivity contribution is 6.08. The van der Waals surface area contributed by atoms with E-state index in [9.17, 15) is 19.5 Å². The third-order valence-electron chi connectivity index (χ3n) is 9.01. The van der Waals surface area contributed by atoms with Crippen LogP contribution in [0.5, 0.6) is 0 Å². The molecule has 5 unspecified atom stereocenters. The monoisotopic (exact) mass is 382 g/mol. The van der Waals surface area contributed by atoms with Crippen LogP contribution in [0.4, 0.5) is 0 Å². The first-order valence-electron chi connectivity index (χ1n) is 11.1. The molecule has 0 aromatic carbocycles. The third kappa shape index (κ3) is 2.26. The van der Waals surface area contributed by atoms with Gasteiger partial charge in [-0.15, -0.1) is 0 Å². The zero-order valence-corrected chi connectivity index (χ0v) is 16.8. The molecule has 0 aromatic heterocycles. The highest BCUT2D eigenvalue weighted by Crippen LogP contribution is 2.69. The highest BCUT2D eigenvalue weighted by Gasteiger charge is 2.66. The topological polar surface area (TPSA) is 71.4 Å². The number of allylic oxidation sites excluding steroid dienone is 4. The summed E-state index contributed by atoms with van der Waals surface area (Å²) in [4.78, 5) is 37.8. The van der Waals surface area contributed by atoms with Crippen molar-refractivity contribution in [1.29, 1.82) is 0 Å². The maximum Gasteiger partial charge on any atom is 0.306 e. The van der Waals surface area contributed by atoms with Crippen molar-refractivity contribution in [2.24, 2.45) is 52.8 Å². The van der Waals surface area contributed by atoms with Crippen LogP contribution in [0, 0.1) is 52.8 Å². The first kappa shape index (κ1) is 18.3. The number of fused-ring (bicyclic) bond motifs is 1. The van der Waals surface area contributed by atoms with Crippen LogP contribution >= 0.6 is 0 Å². The fraction of sp³-hybridized carbons (Fsp3) is 0.708. The van der Waals surface area contributed by atoms with E-state index in [1.54, 1.807) is 0 Å². The number of aliphatic carboxylic acids is 1. The van der Waals surface area contributed by atoms with Gasteiger partial charge in [-0.1, -0.05) is 31.9 Å². The number of carboxylic acid groups (broad SMARTS) is 1. The van der Waals surface area contributed by atoms with E-state index < -0.39 is 5.97 Å². The van der Waals surface area contributed by atoms with Gasteiger partial charge in [-0.05, 0) is 73.8 Å². The van der Waals surface area contributed by atoms with Crippen LogP contribution in [0.15, 0.2) is 23.8 Å². The summed E-state index contributed by atoms with van der Waals surface area (Å²) in [5.74, 6) is 0.482. The zero-order valence-electron chi connectivity index (χ0n) is 16.8. The smallest absolute Gasteiger partial charge is 0.306 e. The summed E-state index contributed by atoms with van der Waals surface area (Å²) in [6.45, 7) is 4.40. The molecule has 3 saturated carbocycles. The summed E-state index contributed by atoms with van der Waals surface area (Å²) in [5, 5.41) is 9.76. The molecule has 0 amide bonds. The molecule has 4 nitrogen and oxygen atoms in total. The Hall–Kier alpha value is -1.71. The molecule has 0 aliphatic heterocycles. The number of carbonyl (C=O) groups is 3. The van der Waals surface area contributed by atoms with E-state index in [1.807, 2.05) is 0 Å². The number of hydrogen-bond acceptors (Lipinski definition) is 3. The normalized spacial score (nSPS) is 46.7. The van der Waals surface area contributed by atoms with E-state index in [0.29, 0.717) is 17.8 Å². The van der Waals surface area contributed by atoms with E-state index in [1.165, 1.54) is 17.7 Å². The number of hydrogen-bond donors (Lipinski definition) is 1. The molecular formula is C24H30O4. The van der Waals surface area contributed by atoms with Crippen molar-refractivity contribution in [1.82, 2.24) is 0 Å². The minimum absolute atomic E-state index is 0.127. The quantitative estimate of drug-likeness (QED) is 0.731. The minimum Gasteiger partial charge on any atom is -0.481 e. The van der Waals surface area contributed by atoms with Gasteiger partial charge >= 0.3 is 5.97 Å². The Morgan fingerprint density at radius 3 is 2.57 bits per heavy atom. The van der Waals surface area contributed by atoms with Crippen LogP contribution in [-0.4, -0.2) is 22.6 Å². The summed E-state index contributed by atoms with van der Waals surface area (Å²) in [6.07, 6.45) is 11.0. The molecular weight excluding hydrogens is 352 g/mol. The Morgan fingerprint density at radius 1 is 1.11 bits per heavy atom. The van der Waals surface area contributed by atoms with Gasteiger partial charge in [0.15, 0.2) is 11.6 Å². The van der Waals surface area contributed by atoms with E-state index >= 15 is 0 Å². The number of carboxylic acids is 1. The van der Waals surface area contributed by atoms with Gasteiger partial charge in [-0.2, -0.15) is 0 Å². The van der Waals surface area contributed by atoms with Crippen molar-refractivity contribution in [2.45, 2.75) is 52.4 Å². The van der Waals surface area contributed by atoms with Crippen molar-refractivity contribution in [3.8, 4) is 0 Å². The van der Waals surface area contributed by atoms with Gasteiger partial charge < -0.3 is 5.11 Å². The van der Waals surface area contributed by atoms with Crippen LogP contribution < -0.4 is 0 Å². The largest absolute Gasteiger partial charge is 0.481 e. The van der Waals surface area contributed by atoms with Crippen molar-refractivity contribution in [3.05, 3.63) is 23.8 Å². The maximum absolute atomic E-state index is 13.1. The Labute approximate surface area is 166 Å². The Balaban J connectivity index is 1.62. The minimum atomic E-state index is -0.644. The molecule has 0 aromatic rings. The summed E-state index contributed by atoms with van der Waals surface area (Å²) in [6, 6.07) is 0. The highest BCUT2D eigenvalue weighted by atomic mass is 16.4. The molecule has 1 spiro atoms. The van der Waals surface area contributed by atoms with Crippen molar-refractivity contribution < 1.29 is 19.5 Å². The number of ketones is 2. The van der Waals surface area contributed by atoms with Crippen LogP contribution in [0.2, 0.25) is 0 Å². The van der Waals surface area contributed by atoms with Gasteiger partial charge in [0, 0.05) is 17.3 Å². The van der Waals surface area contributed by atoms with Crippen LogP contribution in [0.3, 0.4) is 0 Å². The molecule has 150 valence electrons. The van der Waals surface area contributed by atoms with Gasteiger partial charge in [0.25, 0.3) is 0 Å². The molecule has 6 rings (SSSR count). The fourth-order valence-corrected chi connectivity index (χ4v) is 8.10. The van der Waals surface area contributed by atoms with Gasteiger partial charge in [0.05, 0.1) is 5.92 Å². The van der Waals surface area contributed by atoms with Crippen molar-refractivity contribution in [3.63, 3.8) is 0 Å². The van der Waals surface area contributed by atoms with Gasteiger partial charge in [-0.3, -0.25) is 14.4 Å². The Morgan fingerprint density at radius 2 is 1.86 bits per heavy atom. The second kappa shape index (κ2) is 6.14. The molecule has 3 fully saturated rings. The molecule has 6 aliphatic rings. The van der Waals surface area contributed by atoms with Crippen LogP contribution in [-0.2, 0) is 14.4 Å². The summed E-state index contributed by atoms with van der Waals surface area (Å²) in [5.41, 5.74) is 1.14. The first-order valence-corrected chi connectivity index (χ1v) is 11.1. The average molecular weight is 383 g/mol. The predicted molar refractivity (Wildman–Crippen MR) is 104 cm³/mol. The first-order chi connectivity index (χ1) is 13.3. The maximum atomic E-state index is 13.1. The van der Waals surface area contributed by atoms with E-state index in [-0.39, 0.29) is 46.6 Å². The molecule has 2 bridgehead atoms. The van der Waals surface area contributed by atoms with E-state index in [2.05, 4.69) is 19.9 Å². The van der Waals surface area contributed by atoms with Crippen molar-refractivity contribution >= 4 is 17.5 Å². The predicted octanol–water partition coefficient (Wildman–Crippen LogP) is 4.06. The fourth-order valence-electron chi connectivity index (χ4n) is 8.10. The lowest BCUT2D eigenvalue weighted by Crippen LogP contribution is -2.62. The Kier molecular flexibility index (Phi) is 4.02. The van der Waals surface area contributed by atoms with Gasteiger partial charge in [0.1, 0.15) is 0 Å². The summed E-state index contributed by atoms with van der Waals surface area (Å²) in [7, 11) is 0. The molecule has 28 heavy (non-hydrogen) atoms. The van der Waals surface area contributed by atoms with Gasteiger partial charge in [0.2, 0.25) is 0 Å². The SMILES string of the molecule is CC(C)C1=CC23CCC4[C@H](CCC[C@H]4C(=O)O)C2CC1C1C(=O)C=CC(=O)[C@H]13.